The maximum atomic E-state index is 12.8. The van der Waals surface area contributed by atoms with Crippen LogP contribution in [0.3, 0.4) is 0 Å². The standard InChI is InChI=1S/C13H10FN3O2/c14-9-3-1-8(2-4-9)12-16-13(19-17-12)11-6-5-10(7-15)18-11/h1-6H,7,15H2. The molecule has 2 N–H and O–H groups in total. The van der Waals surface area contributed by atoms with E-state index in [1.165, 1.54) is 12.1 Å². The normalized spacial score (nSPS) is 10.8. The Kier molecular flexibility index (Phi) is 2.85. The van der Waals surface area contributed by atoms with E-state index >= 15 is 0 Å². The Bertz CT molecular complexity index is 688. The predicted molar refractivity (Wildman–Crippen MR) is 65.3 cm³/mol. The number of hydrogen-bond acceptors (Lipinski definition) is 5. The molecule has 0 amide bonds. The summed E-state index contributed by atoms with van der Waals surface area (Å²) in [5, 5.41) is 3.83. The molecule has 3 aromatic rings. The molecular formula is C13H10FN3O2. The summed E-state index contributed by atoms with van der Waals surface area (Å²) in [6, 6.07) is 9.30. The van der Waals surface area contributed by atoms with E-state index < -0.39 is 0 Å². The Morgan fingerprint density at radius 2 is 1.89 bits per heavy atom. The monoisotopic (exact) mass is 259 g/mol. The minimum Gasteiger partial charge on any atom is -0.455 e. The molecule has 19 heavy (non-hydrogen) atoms. The number of rotatable bonds is 3. The van der Waals surface area contributed by atoms with Crippen molar-refractivity contribution >= 4 is 0 Å². The van der Waals surface area contributed by atoms with Gasteiger partial charge in [-0.2, -0.15) is 4.98 Å². The maximum Gasteiger partial charge on any atom is 0.293 e. The van der Waals surface area contributed by atoms with Crippen LogP contribution in [0.25, 0.3) is 23.0 Å². The van der Waals surface area contributed by atoms with Crippen molar-refractivity contribution in [2.45, 2.75) is 6.54 Å². The largest absolute Gasteiger partial charge is 0.455 e. The summed E-state index contributed by atoms with van der Waals surface area (Å²) >= 11 is 0. The second-order valence-corrected chi connectivity index (χ2v) is 3.90. The number of halogens is 1. The second kappa shape index (κ2) is 4.66. The molecule has 0 aliphatic heterocycles. The van der Waals surface area contributed by atoms with E-state index in [0.717, 1.165) is 0 Å². The lowest BCUT2D eigenvalue weighted by Gasteiger charge is -1.92. The van der Waals surface area contributed by atoms with Gasteiger partial charge in [-0.05, 0) is 36.4 Å². The van der Waals surface area contributed by atoms with E-state index in [4.69, 9.17) is 14.7 Å². The predicted octanol–water partition coefficient (Wildman–Crippen LogP) is 2.59. The smallest absolute Gasteiger partial charge is 0.293 e. The van der Waals surface area contributed by atoms with E-state index in [0.29, 0.717) is 29.5 Å². The molecule has 2 heterocycles. The quantitative estimate of drug-likeness (QED) is 0.782. The highest BCUT2D eigenvalue weighted by Crippen LogP contribution is 2.23. The molecule has 0 saturated carbocycles. The van der Waals surface area contributed by atoms with Gasteiger partial charge in [0.05, 0.1) is 6.54 Å². The molecule has 6 heteroatoms. The fourth-order valence-electron chi connectivity index (χ4n) is 1.64. The number of aromatic nitrogens is 2. The van der Waals surface area contributed by atoms with Crippen molar-refractivity contribution in [2.24, 2.45) is 5.73 Å². The first-order chi connectivity index (χ1) is 9.26. The topological polar surface area (TPSA) is 78.1 Å². The van der Waals surface area contributed by atoms with Gasteiger partial charge in [0.15, 0.2) is 5.76 Å². The average Bonchev–Trinajstić information content (AvgIpc) is 3.08. The van der Waals surface area contributed by atoms with Crippen molar-refractivity contribution in [3.05, 3.63) is 48.0 Å². The molecule has 0 spiro atoms. The third-order valence-electron chi connectivity index (χ3n) is 2.60. The minimum atomic E-state index is -0.314. The van der Waals surface area contributed by atoms with Crippen molar-refractivity contribution in [3.63, 3.8) is 0 Å². The third kappa shape index (κ3) is 2.25. The van der Waals surface area contributed by atoms with Gasteiger partial charge in [0.1, 0.15) is 11.6 Å². The summed E-state index contributed by atoms with van der Waals surface area (Å²) in [5.74, 6) is 1.42. The zero-order chi connectivity index (χ0) is 13.2. The minimum absolute atomic E-state index is 0.263. The first-order valence-corrected chi connectivity index (χ1v) is 5.65. The summed E-state index contributed by atoms with van der Waals surface area (Å²) in [4.78, 5) is 4.19. The van der Waals surface area contributed by atoms with Gasteiger partial charge in [0.2, 0.25) is 5.82 Å². The van der Waals surface area contributed by atoms with Crippen LogP contribution in [0, 0.1) is 5.82 Å². The highest BCUT2D eigenvalue weighted by atomic mass is 19.1. The molecule has 2 aromatic heterocycles. The zero-order valence-corrected chi connectivity index (χ0v) is 9.84. The second-order valence-electron chi connectivity index (χ2n) is 3.90. The molecular weight excluding hydrogens is 249 g/mol. The van der Waals surface area contributed by atoms with E-state index in [9.17, 15) is 4.39 Å². The average molecular weight is 259 g/mol. The first-order valence-electron chi connectivity index (χ1n) is 5.65. The number of nitrogens with zero attached hydrogens (tertiary/aromatic N) is 2. The summed E-state index contributed by atoms with van der Waals surface area (Å²) < 4.78 is 23.3. The summed E-state index contributed by atoms with van der Waals surface area (Å²) in [6.07, 6.45) is 0. The Balaban J connectivity index is 1.92. The van der Waals surface area contributed by atoms with E-state index in [2.05, 4.69) is 10.1 Å². The van der Waals surface area contributed by atoms with Gasteiger partial charge >= 0.3 is 0 Å². The van der Waals surface area contributed by atoms with Crippen LogP contribution in [-0.2, 0) is 6.54 Å². The zero-order valence-electron chi connectivity index (χ0n) is 9.84. The lowest BCUT2D eigenvalue weighted by molar-refractivity contribution is 0.412. The van der Waals surface area contributed by atoms with Crippen LogP contribution < -0.4 is 5.73 Å². The molecule has 0 bridgehead atoms. The molecule has 0 saturated heterocycles. The van der Waals surface area contributed by atoms with Crippen LogP contribution in [0.5, 0.6) is 0 Å². The molecule has 0 aliphatic carbocycles. The van der Waals surface area contributed by atoms with Gasteiger partial charge in [-0.1, -0.05) is 5.16 Å². The Hall–Kier alpha value is -2.47. The van der Waals surface area contributed by atoms with E-state index in [1.807, 2.05) is 0 Å². The molecule has 0 radical (unpaired) electrons. The number of hydrogen-bond donors (Lipinski definition) is 1. The third-order valence-corrected chi connectivity index (χ3v) is 2.60. The summed E-state index contributed by atoms with van der Waals surface area (Å²) in [5.41, 5.74) is 6.12. The van der Waals surface area contributed by atoms with Crippen LogP contribution in [0.4, 0.5) is 4.39 Å². The van der Waals surface area contributed by atoms with Crippen LogP contribution in [-0.4, -0.2) is 10.1 Å². The Morgan fingerprint density at radius 3 is 2.58 bits per heavy atom. The molecule has 1 aromatic carbocycles. The van der Waals surface area contributed by atoms with Gasteiger partial charge in [0.25, 0.3) is 5.89 Å². The van der Waals surface area contributed by atoms with Crippen molar-refractivity contribution in [2.75, 3.05) is 0 Å². The van der Waals surface area contributed by atoms with E-state index in [1.54, 1.807) is 24.3 Å². The van der Waals surface area contributed by atoms with Gasteiger partial charge < -0.3 is 14.7 Å². The highest BCUT2D eigenvalue weighted by molar-refractivity contribution is 5.57. The maximum absolute atomic E-state index is 12.8. The summed E-state index contributed by atoms with van der Waals surface area (Å²) in [7, 11) is 0. The number of nitrogens with two attached hydrogens (primary N) is 1. The molecule has 0 fully saturated rings. The molecule has 0 aliphatic rings. The summed E-state index contributed by atoms with van der Waals surface area (Å²) in [6.45, 7) is 0.305. The van der Waals surface area contributed by atoms with Gasteiger partial charge in [-0.3, -0.25) is 0 Å². The van der Waals surface area contributed by atoms with Gasteiger partial charge in [0, 0.05) is 5.56 Å². The molecule has 0 unspecified atom stereocenters. The molecule has 3 rings (SSSR count). The molecule has 0 atom stereocenters. The van der Waals surface area contributed by atoms with Crippen molar-refractivity contribution in [1.29, 1.82) is 0 Å². The number of benzene rings is 1. The Morgan fingerprint density at radius 1 is 1.11 bits per heavy atom. The van der Waals surface area contributed by atoms with Crippen molar-refractivity contribution in [1.82, 2.24) is 10.1 Å². The highest BCUT2D eigenvalue weighted by Gasteiger charge is 2.13. The van der Waals surface area contributed by atoms with Crippen LogP contribution in [0.1, 0.15) is 5.76 Å². The van der Waals surface area contributed by atoms with Crippen molar-refractivity contribution < 1.29 is 13.3 Å². The molecule has 5 nitrogen and oxygen atoms in total. The lowest BCUT2D eigenvalue weighted by Crippen LogP contribution is -1.92. The van der Waals surface area contributed by atoms with Crippen LogP contribution >= 0.6 is 0 Å². The fraction of sp³-hybridized carbons (Fsp3) is 0.0769. The SMILES string of the molecule is NCc1ccc(-c2nc(-c3ccc(F)cc3)no2)o1. The number of furan rings is 1. The molecule has 96 valence electrons. The van der Waals surface area contributed by atoms with E-state index in [-0.39, 0.29) is 11.7 Å². The van der Waals surface area contributed by atoms with Gasteiger partial charge in [-0.15, -0.1) is 0 Å². The van der Waals surface area contributed by atoms with Crippen molar-refractivity contribution in [3.8, 4) is 23.0 Å². The van der Waals surface area contributed by atoms with Gasteiger partial charge in [-0.25, -0.2) is 4.39 Å². The Labute approximate surface area is 107 Å². The van der Waals surface area contributed by atoms with Crippen LogP contribution in [0.2, 0.25) is 0 Å². The lowest BCUT2D eigenvalue weighted by atomic mass is 10.2. The fourth-order valence-corrected chi connectivity index (χ4v) is 1.64. The van der Waals surface area contributed by atoms with Crippen LogP contribution in [0.15, 0.2) is 45.3 Å². The first kappa shape index (κ1) is 11.6.